The molecular weight excluding hydrogens is 298 g/mol. The highest BCUT2D eigenvalue weighted by molar-refractivity contribution is 9.10. The van der Waals surface area contributed by atoms with Crippen LogP contribution in [0, 0.1) is 13.8 Å². The molecule has 18 heavy (non-hydrogen) atoms. The van der Waals surface area contributed by atoms with Crippen molar-refractivity contribution in [1.29, 1.82) is 0 Å². The number of hydrogen-bond donors (Lipinski definition) is 0. The maximum Gasteiger partial charge on any atom is 0.343 e. The molecule has 0 saturated heterocycles. The Morgan fingerprint density at radius 1 is 1.39 bits per heavy atom. The van der Waals surface area contributed by atoms with Crippen molar-refractivity contribution in [2.75, 3.05) is 7.11 Å². The molecule has 0 fully saturated rings. The largest absolute Gasteiger partial charge is 0.465 e. The van der Waals surface area contributed by atoms with Gasteiger partial charge in [0, 0.05) is 10.0 Å². The average molecular weight is 310 g/mol. The molecule has 0 bridgehead atoms. The molecule has 0 atom stereocenters. The highest BCUT2D eigenvalue weighted by Crippen LogP contribution is 2.32. The van der Waals surface area contributed by atoms with E-state index in [0.29, 0.717) is 17.0 Å². The normalized spacial score (nSPS) is 10.4. The first kappa shape index (κ1) is 12.8. The first-order valence-electron chi connectivity index (χ1n) is 5.35. The fourth-order valence-corrected chi connectivity index (χ4v) is 2.15. The van der Waals surface area contributed by atoms with Gasteiger partial charge >= 0.3 is 5.97 Å². The molecule has 1 aromatic heterocycles. The lowest BCUT2D eigenvalue weighted by molar-refractivity contribution is 0.0599. The summed E-state index contributed by atoms with van der Waals surface area (Å²) in [5.74, 6) is 0.00223. The van der Waals surface area contributed by atoms with Crippen LogP contribution in [-0.4, -0.2) is 18.2 Å². The van der Waals surface area contributed by atoms with Gasteiger partial charge in [0.2, 0.25) is 0 Å². The third-order valence-electron chi connectivity index (χ3n) is 2.63. The van der Waals surface area contributed by atoms with Gasteiger partial charge in [-0.1, -0.05) is 32.7 Å². The van der Waals surface area contributed by atoms with E-state index in [1.165, 1.54) is 7.11 Å². The number of esters is 1. The van der Waals surface area contributed by atoms with Gasteiger partial charge in [-0.15, -0.1) is 0 Å². The molecule has 2 aromatic rings. The van der Waals surface area contributed by atoms with Crippen molar-refractivity contribution in [1.82, 2.24) is 5.16 Å². The molecule has 0 spiro atoms. The van der Waals surface area contributed by atoms with Crippen molar-refractivity contribution in [2.24, 2.45) is 0 Å². The van der Waals surface area contributed by atoms with Crippen LogP contribution >= 0.6 is 15.9 Å². The van der Waals surface area contributed by atoms with E-state index in [2.05, 4.69) is 21.1 Å². The summed E-state index contributed by atoms with van der Waals surface area (Å²) >= 11 is 3.45. The first-order chi connectivity index (χ1) is 8.54. The Hall–Kier alpha value is -1.62. The molecule has 2 rings (SSSR count). The van der Waals surface area contributed by atoms with Crippen LogP contribution in [-0.2, 0) is 4.74 Å². The smallest absolute Gasteiger partial charge is 0.343 e. The van der Waals surface area contributed by atoms with Crippen molar-refractivity contribution in [2.45, 2.75) is 13.8 Å². The molecule has 1 heterocycles. The number of rotatable bonds is 2. The van der Waals surface area contributed by atoms with E-state index in [-0.39, 0.29) is 0 Å². The van der Waals surface area contributed by atoms with Gasteiger partial charge in [0.25, 0.3) is 0 Å². The Kier molecular flexibility index (Phi) is 3.52. The topological polar surface area (TPSA) is 52.3 Å². The molecule has 1 aromatic carbocycles. The third-order valence-corrected chi connectivity index (χ3v) is 3.32. The molecule has 0 unspecified atom stereocenters. The van der Waals surface area contributed by atoms with Gasteiger partial charge in [0.1, 0.15) is 17.0 Å². The van der Waals surface area contributed by atoms with Crippen molar-refractivity contribution < 1.29 is 14.1 Å². The molecule has 0 saturated carbocycles. The maximum absolute atomic E-state index is 11.7. The van der Waals surface area contributed by atoms with Gasteiger partial charge < -0.3 is 9.26 Å². The Balaban J connectivity index is 2.64. The number of aryl methyl sites for hydroxylation is 2. The summed E-state index contributed by atoms with van der Waals surface area (Å²) in [6, 6.07) is 5.82. The number of benzene rings is 1. The molecule has 0 aliphatic heterocycles. The number of carbonyl (C=O) groups excluding carboxylic acids is 1. The number of ether oxygens (including phenoxy) is 1. The average Bonchev–Trinajstić information content (AvgIpc) is 2.73. The van der Waals surface area contributed by atoms with Gasteiger partial charge in [0.15, 0.2) is 0 Å². The van der Waals surface area contributed by atoms with E-state index in [9.17, 15) is 4.79 Å². The summed E-state index contributed by atoms with van der Waals surface area (Å²) in [4.78, 5) is 11.7. The van der Waals surface area contributed by atoms with Gasteiger partial charge in [-0.2, -0.15) is 0 Å². The molecular formula is C13H12BrNO3. The van der Waals surface area contributed by atoms with Crippen LogP contribution in [0.2, 0.25) is 0 Å². The second kappa shape index (κ2) is 4.94. The zero-order valence-corrected chi connectivity index (χ0v) is 11.9. The number of halogens is 1. The molecule has 0 amide bonds. The maximum atomic E-state index is 11.7. The molecule has 5 heteroatoms. The number of carbonyl (C=O) groups is 1. The third kappa shape index (κ3) is 2.18. The van der Waals surface area contributed by atoms with E-state index in [4.69, 9.17) is 9.26 Å². The van der Waals surface area contributed by atoms with Crippen LogP contribution in [0.25, 0.3) is 11.3 Å². The van der Waals surface area contributed by atoms with E-state index in [1.54, 1.807) is 6.92 Å². The molecule has 0 aliphatic carbocycles. The first-order valence-corrected chi connectivity index (χ1v) is 6.15. The Morgan fingerprint density at radius 3 is 2.78 bits per heavy atom. The summed E-state index contributed by atoms with van der Waals surface area (Å²) in [5, 5.41) is 3.95. The van der Waals surface area contributed by atoms with Crippen LogP contribution in [0.15, 0.2) is 27.2 Å². The molecule has 0 aliphatic rings. The van der Waals surface area contributed by atoms with Crippen LogP contribution in [0.3, 0.4) is 0 Å². The minimum absolute atomic E-state index is 0.365. The summed E-state index contributed by atoms with van der Waals surface area (Å²) in [5.41, 5.74) is 2.75. The fraction of sp³-hybridized carbons (Fsp3) is 0.231. The van der Waals surface area contributed by atoms with Gasteiger partial charge in [-0.25, -0.2) is 4.79 Å². The number of hydrogen-bond acceptors (Lipinski definition) is 4. The highest BCUT2D eigenvalue weighted by Gasteiger charge is 2.23. The minimum Gasteiger partial charge on any atom is -0.465 e. The lowest BCUT2D eigenvalue weighted by Gasteiger charge is -2.04. The second-order valence-corrected chi connectivity index (χ2v) is 4.79. The van der Waals surface area contributed by atoms with E-state index in [1.807, 2.05) is 25.1 Å². The number of aromatic nitrogens is 1. The van der Waals surface area contributed by atoms with E-state index in [0.717, 1.165) is 15.6 Å². The molecule has 94 valence electrons. The lowest BCUT2D eigenvalue weighted by Crippen LogP contribution is -2.03. The van der Waals surface area contributed by atoms with E-state index >= 15 is 0 Å². The number of methoxy groups -OCH3 is 1. The predicted octanol–water partition coefficient (Wildman–Crippen LogP) is 3.51. The monoisotopic (exact) mass is 309 g/mol. The molecule has 0 N–H and O–H groups in total. The number of nitrogens with zero attached hydrogens (tertiary/aromatic N) is 1. The zero-order valence-electron chi connectivity index (χ0n) is 10.3. The summed E-state index contributed by atoms with van der Waals surface area (Å²) in [6.07, 6.45) is 0. The Morgan fingerprint density at radius 2 is 2.11 bits per heavy atom. The van der Waals surface area contributed by atoms with Crippen molar-refractivity contribution in [3.8, 4) is 11.3 Å². The summed E-state index contributed by atoms with van der Waals surface area (Å²) in [7, 11) is 1.34. The lowest BCUT2D eigenvalue weighted by atomic mass is 10.0. The molecule has 0 radical (unpaired) electrons. The Labute approximate surface area is 113 Å². The van der Waals surface area contributed by atoms with Crippen LogP contribution in [0.4, 0.5) is 0 Å². The second-order valence-electron chi connectivity index (χ2n) is 3.94. The van der Waals surface area contributed by atoms with Crippen LogP contribution < -0.4 is 0 Å². The highest BCUT2D eigenvalue weighted by atomic mass is 79.9. The Bertz CT molecular complexity index is 604. The summed E-state index contributed by atoms with van der Waals surface area (Å²) < 4.78 is 10.7. The quantitative estimate of drug-likeness (QED) is 0.797. The predicted molar refractivity (Wildman–Crippen MR) is 70.5 cm³/mol. The van der Waals surface area contributed by atoms with E-state index < -0.39 is 5.97 Å². The van der Waals surface area contributed by atoms with Crippen molar-refractivity contribution in [3.63, 3.8) is 0 Å². The summed E-state index contributed by atoms with van der Waals surface area (Å²) in [6.45, 7) is 3.66. The van der Waals surface area contributed by atoms with Gasteiger partial charge in [-0.05, 0) is 26.0 Å². The molecule has 4 nitrogen and oxygen atoms in total. The van der Waals surface area contributed by atoms with Crippen molar-refractivity contribution >= 4 is 21.9 Å². The van der Waals surface area contributed by atoms with Gasteiger partial charge in [0.05, 0.1) is 7.11 Å². The zero-order chi connectivity index (χ0) is 13.3. The minimum atomic E-state index is -0.447. The fourth-order valence-electron chi connectivity index (χ4n) is 1.72. The van der Waals surface area contributed by atoms with Gasteiger partial charge in [-0.3, -0.25) is 0 Å². The SMILES string of the molecule is COC(=O)c1c(-c2cc(C)ccc2Br)noc1C. The van der Waals surface area contributed by atoms with Crippen LogP contribution in [0.1, 0.15) is 21.7 Å². The van der Waals surface area contributed by atoms with Crippen LogP contribution in [0.5, 0.6) is 0 Å². The van der Waals surface area contributed by atoms with Crippen molar-refractivity contribution in [3.05, 3.63) is 39.6 Å². The standard InChI is InChI=1S/C13H12BrNO3/c1-7-4-5-10(14)9(6-7)12-11(13(16)17-3)8(2)18-15-12/h4-6H,1-3H3.